The predicted octanol–water partition coefficient (Wildman–Crippen LogP) is 1.71. The van der Waals surface area contributed by atoms with Crippen LogP contribution in [0.25, 0.3) is 0 Å². The van der Waals surface area contributed by atoms with E-state index >= 15 is 0 Å². The molecule has 4 nitrogen and oxygen atoms in total. The number of ether oxygens (including phenoxy) is 1. The molecule has 0 aliphatic heterocycles. The first kappa shape index (κ1) is 16.4. The van der Waals surface area contributed by atoms with Gasteiger partial charge in [0.15, 0.2) is 0 Å². The summed E-state index contributed by atoms with van der Waals surface area (Å²) in [5.74, 6) is -0.726. The second-order valence-corrected chi connectivity index (χ2v) is 4.39. The molecule has 0 radical (unpaired) electrons. The smallest absolute Gasteiger partial charge is 0.391 e. The number of alkyl halides is 3. The van der Waals surface area contributed by atoms with Gasteiger partial charge in [0.25, 0.3) is 0 Å². The van der Waals surface area contributed by atoms with Crippen LogP contribution >= 0.6 is 12.2 Å². The Kier molecular flexibility index (Phi) is 5.90. The number of hydrogen-bond donors (Lipinski definition) is 2. The summed E-state index contributed by atoms with van der Waals surface area (Å²) in [7, 11) is 0. The SMILES string of the molecule is NC(=S)C(NC(=O)COCC(F)(F)F)c1ccccc1. The van der Waals surface area contributed by atoms with Gasteiger partial charge < -0.3 is 15.8 Å². The fourth-order valence-corrected chi connectivity index (χ4v) is 1.62. The van der Waals surface area contributed by atoms with Crippen molar-refractivity contribution in [1.82, 2.24) is 5.32 Å². The zero-order valence-electron chi connectivity index (χ0n) is 10.3. The van der Waals surface area contributed by atoms with Crippen LogP contribution in [0.1, 0.15) is 11.6 Å². The Morgan fingerprint density at radius 2 is 1.95 bits per heavy atom. The van der Waals surface area contributed by atoms with Crippen LogP contribution in [-0.2, 0) is 9.53 Å². The zero-order chi connectivity index (χ0) is 15.2. The summed E-state index contributed by atoms with van der Waals surface area (Å²) in [6, 6.07) is 7.88. The molecule has 8 heteroatoms. The summed E-state index contributed by atoms with van der Waals surface area (Å²) in [5, 5.41) is 2.42. The van der Waals surface area contributed by atoms with E-state index in [4.69, 9.17) is 18.0 Å². The minimum atomic E-state index is -4.47. The molecular formula is C12H13F3N2O2S. The molecule has 0 aliphatic rings. The Bertz CT molecular complexity index is 466. The molecule has 20 heavy (non-hydrogen) atoms. The number of benzene rings is 1. The fourth-order valence-electron chi connectivity index (χ4n) is 1.43. The quantitative estimate of drug-likeness (QED) is 0.785. The van der Waals surface area contributed by atoms with Crippen molar-refractivity contribution >= 4 is 23.1 Å². The van der Waals surface area contributed by atoms with Crippen molar-refractivity contribution in [2.45, 2.75) is 12.2 Å². The standard InChI is InChI=1S/C12H13F3N2O2S/c13-12(14,15)7-19-6-9(18)17-10(11(16)20)8-4-2-1-3-5-8/h1-5,10H,6-7H2,(H2,16,20)(H,17,18). The minimum absolute atomic E-state index is 0.0142. The fraction of sp³-hybridized carbons (Fsp3) is 0.333. The van der Waals surface area contributed by atoms with Crippen LogP contribution in [0.3, 0.4) is 0 Å². The molecule has 0 fully saturated rings. The van der Waals surface area contributed by atoms with E-state index in [0.29, 0.717) is 5.56 Å². The number of thiocarbonyl (C=S) groups is 1. The average molecular weight is 306 g/mol. The molecule has 0 heterocycles. The molecule has 0 aromatic heterocycles. The number of carbonyl (C=O) groups is 1. The first-order chi connectivity index (χ1) is 9.29. The lowest BCUT2D eigenvalue weighted by Crippen LogP contribution is -2.38. The second kappa shape index (κ2) is 7.20. The maximum Gasteiger partial charge on any atom is 0.411 e. The van der Waals surface area contributed by atoms with Gasteiger partial charge >= 0.3 is 6.18 Å². The van der Waals surface area contributed by atoms with E-state index in [1.165, 1.54) is 0 Å². The van der Waals surface area contributed by atoms with Crippen LogP contribution in [-0.4, -0.2) is 30.3 Å². The molecule has 1 amide bonds. The van der Waals surface area contributed by atoms with Crippen molar-refractivity contribution in [3.8, 4) is 0 Å². The molecule has 110 valence electrons. The topological polar surface area (TPSA) is 64.3 Å². The van der Waals surface area contributed by atoms with Gasteiger partial charge in [0.05, 0.1) is 0 Å². The maximum atomic E-state index is 11.9. The molecule has 1 aromatic rings. The third kappa shape index (κ3) is 5.98. The molecule has 0 saturated carbocycles. The van der Waals surface area contributed by atoms with E-state index in [-0.39, 0.29) is 4.99 Å². The number of rotatable bonds is 6. The lowest BCUT2D eigenvalue weighted by molar-refractivity contribution is -0.175. The molecule has 1 unspecified atom stereocenters. The summed E-state index contributed by atoms with van der Waals surface area (Å²) < 4.78 is 39.8. The predicted molar refractivity (Wildman–Crippen MR) is 71.0 cm³/mol. The number of nitrogens with one attached hydrogen (secondary N) is 1. The van der Waals surface area contributed by atoms with Gasteiger partial charge in [-0.2, -0.15) is 13.2 Å². The van der Waals surface area contributed by atoms with E-state index in [1.54, 1.807) is 30.3 Å². The normalized spacial score (nSPS) is 12.8. The molecule has 1 atom stereocenters. The Hall–Kier alpha value is -1.67. The first-order valence-corrected chi connectivity index (χ1v) is 5.98. The van der Waals surface area contributed by atoms with Gasteiger partial charge in [-0.1, -0.05) is 42.5 Å². The van der Waals surface area contributed by atoms with Crippen LogP contribution in [0.4, 0.5) is 13.2 Å². The molecule has 0 saturated heterocycles. The van der Waals surface area contributed by atoms with Crippen LogP contribution < -0.4 is 11.1 Å². The molecule has 0 bridgehead atoms. The van der Waals surface area contributed by atoms with Gasteiger partial charge in [0.2, 0.25) is 5.91 Å². The third-order valence-corrected chi connectivity index (χ3v) is 2.46. The molecule has 1 rings (SSSR count). The Morgan fingerprint density at radius 3 is 2.45 bits per heavy atom. The van der Waals surface area contributed by atoms with Crippen molar-refractivity contribution in [1.29, 1.82) is 0 Å². The maximum absolute atomic E-state index is 11.9. The highest BCUT2D eigenvalue weighted by molar-refractivity contribution is 7.80. The van der Waals surface area contributed by atoms with Crippen LogP contribution in [0.5, 0.6) is 0 Å². The average Bonchev–Trinajstić information content (AvgIpc) is 2.35. The van der Waals surface area contributed by atoms with E-state index in [9.17, 15) is 18.0 Å². The van der Waals surface area contributed by atoms with Crippen LogP contribution in [0, 0.1) is 0 Å². The van der Waals surface area contributed by atoms with Crippen molar-refractivity contribution in [2.75, 3.05) is 13.2 Å². The summed E-state index contributed by atoms with van der Waals surface area (Å²) in [6.45, 7) is -2.20. The summed E-state index contributed by atoms with van der Waals surface area (Å²) in [5.41, 5.74) is 6.15. The van der Waals surface area contributed by atoms with Crippen LogP contribution in [0.15, 0.2) is 30.3 Å². The van der Waals surface area contributed by atoms with Crippen molar-refractivity contribution in [2.24, 2.45) is 5.73 Å². The van der Waals surface area contributed by atoms with E-state index < -0.39 is 31.3 Å². The highest BCUT2D eigenvalue weighted by atomic mass is 32.1. The van der Waals surface area contributed by atoms with Gasteiger partial charge in [-0.25, -0.2) is 0 Å². The largest absolute Gasteiger partial charge is 0.411 e. The first-order valence-electron chi connectivity index (χ1n) is 5.58. The molecular weight excluding hydrogens is 293 g/mol. The number of nitrogens with two attached hydrogens (primary N) is 1. The van der Waals surface area contributed by atoms with Gasteiger partial charge in [-0.05, 0) is 5.56 Å². The molecule has 0 aliphatic carbocycles. The number of hydrogen-bond acceptors (Lipinski definition) is 3. The molecule has 1 aromatic carbocycles. The van der Waals surface area contributed by atoms with Crippen molar-refractivity contribution in [3.63, 3.8) is 0 Å². The molecule has 0 spiro atoms. The Labute approximate surface area is 119 Å². The van der Waals surface area contributed by atoms with Gasteiger partial charge in [0, 0.05) is 0 Å². The molecule has 3 N–H and O–H groups in total. The van der Waals surface area contributed by atoms with E-state index in [2.05, 4.69) is 10.1 Å². The number of halogens is 3. The summed E-state index contributed by atoms with van der Waals surface area (Å²) in [6.07, 6.45) is -4.47. The number of carbonyl (C=O) groups excluding carboxylic acids is 1. The Balaban J connectivity index is 2.55. The van der Waals surface area contributed by atoms with Gasteiger partial charge in [-0.15, -0.1) is 0 Å². The minimum Gasteiger partial charge on any atom is -0.391 e. The third-order valence-electron chi connectivity index (χ3n) is 2.22. The van der Waals surface area contributed by atoms with Crippen molar-refractivity contribution < 1.29 is 22.7 Å². The van der Waals surface area contributed by atoms with Gasteiger partial charge in [-0.3, -0.25) is 4.79 Å². The zero-order valence-corrected chi connectivity index (χ0v) is 11.1. The Morgan fingerprint density at radius 1 is 1.35 bits per heavy atom. The summed E-state index contributed by atoms with van der Waals surface area (Å²) in [4.78, 5) is 11.5. The monoisotopic (exact) mass is 306 g/mol. The highest BCUT2D eigenvalue weighted by Crippen LogP contribution is 2.15. The lowest BCUT2D eigenvalue weighted by Gasteiger charge is -2.18. The summed E-state index contributed by atoms with van der Waals surface area (Å²) >= 11 is 4.83. The lowest BCUT2D eigenvalue weighted by atomic mass is 10.1. The van der Waals surface area contributed by atoms with Gasteiger partial charge in [0.1, 0.15) is 24.2 Å². The van der Waals surface area contributed by atoms with Crippen LogP contribution in [0.2, 0.25) is 0 Å². The van der Waals surface area contributed by atoms with E-state index in [1.807, 2.05) is 0 Å². The van der Waals surface area contributed by atoms with Crippen molar-refractivity contribution in [3.05, 3.63) is 35.9 Å². The number of amides is 1. The van der Waals surface area contributed by atoms with E-state index in [0.717, 1.165) is 0 Å². The highest BCUT2D eigenvalue weighted by Gasteiger charge is 2.28. The second-order valence-electron chi connectivity index (χ2n) is 3.92.